The number of aliphatic carboxylic acids is 1. The molecule has 0 aliphatic rings. The SMILES string of the molecule is CS(=O)(=O)/C=C/C(N)CC(=O)O. The number of hydrogen-bond donors (Lipinski definition) is 2. The van der Waals surface area contributed by atoms with E-state index < -0.39 is 21.8 Å². The molecule has 0 aromatic carbocycles. The summed E-state index contributed by atoms with van der Waals surface area (Å²) in [5.41, 5.74) is 5.25. The zero-order valence-electron chi connectivity index (χ0n) is 6.60. The third kappa shape index (κ3) is 7.23. The summed E-state index contributed by atoms with van der Waals surface area (Å²) >= 11 is 0. The van der Waals surface area contributed by atoms with Gasteiger partial charge in [-0.15, -0.1) is 0 Å². The van der Waals surface area contributed by atoms with Crippen molar-refractivity contribution in [2.75, 3.05) is 6.26 Å². The molecule has 0 saturated heterocycles. The lowest BCUT2D eigenvalue weighted by Crippen LogP contribution is -2.21. The average Bonchev–Trinajstić information content (AvgIpc) is 1.80. The van der Waals surface area contributed by atoms with Crippen molar-refractivity contribution in [2.45, 2.75) is 12.5 Å². The summed E-state index contributed by atoms with van der Waals surface area (Å²) in [6.45, 7) is 0. The Kier molecular flexibility index (Phi) is 3.91. The smallest absolute Gasteiger partial charge is 0.305 e. The molecule has 0 radical (unpaired) electrons. The molecule has 0 bridgehead atoms. The Morgan fingerprint density at radius 2 is 2.17 bits per heavy atom. The van der Waals surface area contributed by atoms with Gasteiger partial charge in [-0.05, 0) is 0 Å². The first kappa shape index (κ1) is 11.1. The molecular weight excluding hydrogens is 182 g/mol. The molecule has 0 aliphatic heterocycles. The van der Waals surface area contributed by atoms with E-state index in [9.17, 15) is 13.2 Å². The highest BCUT2D eigenvalue weighted by atomic mass is 32.2. The standard InChI is InChI=1S/C6H11NO4S/c1-12(10,11)3-2-5(7)4-6(8)9/h2-3,5H,4,7H2,1H3,(H,8,9)/b3-2+. The highest BCUT2D eigenvalue weighted by molar-refractivity contribution is 7.93. The Balaban J connectivity index is 4.10. The Bertz CT molecular complexity index is 280. The molecular formula is C6H11NO4S. The van der Waals surface area contributed by atoms with Crippen LogP contribution in [-0.4, -0.2) is 31.8 Å². The Morgan fingerprint density at radius 3 is 2.50 bits per heavy atom. The second-order valence-corrected chi connectivity index (χ2v) is 4.35. The van der Waals surface area contributed by atoms with Crippen LogP contribution in [0.5, 0.6) is 0 Å². The van der Waals surface area contributed by atoms with Gasteiger partial charge in [0.05, 0.1) is 6.42 Å². The topological polar surface area (TPSA) is 97.5 Å². The summed E-state index contributed by atoms with van der Waals surface area (Å²) < 4.78 is 21.1. The summed E-state index contributed by atoms with van der Waals surface area (Å²) in [5, 5.41) is 9.15. The van der Waals surface area contributed by atoms with Crippen LogP contribution in [0.15, 0.2) is 11.5 Å². The van der Waals surface area contributed by atoms with E-state index in [1.165, 1.54) is 0 Å². The quantitative estimate of drug-likeness (QED) is 0.618. The molecule has 0 spiro atoms. The second-order valence-electron chi connectivity index (χ2n) is 2.42. The fraction of sp³-hybridized carbons (Fsp3) is 0.500. The fourth-order valence-corrected chi connectivity index (χ4v) is 1.00. The highest BCUT2D eigenvalue weighted by Gasteiger charge is 2.04. The van der Waals surface area contributed by atoms with Gasteiger partial charge in [0.1, 0.15) is 0 Å². The predicted molar refractivity (Wildman–Crippen MR) is 44.2 cm³/mol. The zero-order chi connectivity index (χ0) is 9.78. The summed E-state index contributed by atoms with van der Waals surface area (Å²) in [4.78, 5) is 10.1. The van der Waals surface area contributed by atoms with Gasteiger partial charge < -0.3 is 10.8 Å². The minimum Gasteiger partial charge on any atom is -0.481 e. The highest BCUT2D eigenvalue weighted by Crippen LogP contribution is 1.93. The van der Waals surface area contributed by atoms with E-state index in [0.29, 0.717) is 0 Å². The fourth-order valence-electron chi connectivity index (χ4n) is 0.513. The van der Waals surface area contributed by atoms with Gasteiger partial charge in [0.25, 0.3) is 0 Å². The Labute approximate surface area is 70.8 Å². The molecule has 0 aromatic rings. The van der Waals surface area contributed by atoms with Crippen LogP contribution >= 0.6 is 0 Å². The average molecular weight is 193 g/mol. The predicted octanol–water partition coefficient (Wildman–Crippen LogP) is -0.653. The van der Waals surface area contributed by atoms with Gasteiger partial charge in [-0.3, -0.25) is 4.79 Å². The summed E-state index contributed by atoms with van der Waals surface area (Å²) in [5.74, 6) is -1.05. The number of nitrogens with two attached hydrogens (primary N) is 1. The molecule has 0 fully saturated rings. The molecule has 0 heterocycles. The number of carbonyl (C=O) groups is 1. The maximum Gasteiger partial charge on any atom is 0.305 e. The minimum absolute atomic E-state index is 0.272. The molecule has 6 heteroatoms. The number of hydrogen-bond acceptors (Lipinski definition) is 4. The first-order valence-electron chi connectivity index (χ1n) is 3.17. The van der Waals surface area contributed by atoms with E-state index in [-0.39, 0.29) is 6.42 Å². The van der Waals surface area contributed by atoms with Crippen LogP contribution in [0.1, 0.15) is 6.42 Å². The van der Waals surface area contributed by atoms with Crippen LogP contribution < -0.4 is 5.73 Å². The molecule has 0 aromatic heterocycles. The molecule has 0 amide bonds. The van der Waals surface area contributed by atoms with Gasteiger partial charge in [-0.25, -0.2) is 8.42 Å². The Morgan fingerprint density at radius 1 is 1.67 bits per heavy atom. The van der Waals surface area contributed by atoms with Gasteiger partial charge in [0.15, 0.2) is 9.84 Å². The van der Waals surface area contributed by atoms with Crippen molar-refractivity contribution in [3.8, 4) is 0 Å². The summed E-state index contributed by atoms with van der Waals surface area (Å²) in [7, 11) is -3.21. The van der Waals surface area contributed by atoms with Crippen LogP contribution in [0, 0.1) is 0 Å². The molecule has 0 aliphatic carbocycles. The first-order chi connectivity index (χ1) is 5.31. The maximum atomic E-state index is 10.5. The van der Waals surface area contributed by atoms with Crippen LogP contribution in [0.3, 0.4) is 0 Å². The van der Waals surface area contributed by atoms with E-state index in [1.807, 2.05) is 0 Å². The van der Waals surface area contributed by atoms with Crippen molar-refractivity contribution >= 4 is 15.8 Å². The number of rotatable bonds is 4. The molecule has 12 heavy (non-hydrogen) atoms. The van der Waals surface area contributed by atoms with Crippen LogP contribution in [0.4, 0.5) is 0 Å². The van der Waals surface area contributed by atoms with E-state index in [0.717, 1.165) is 17.7 Å². The van der Waals surface area contributed by atoms with Crippen LogP contribution in [-0.2, 0) is 14.6 Å². The van der Waals surface area contributed by atoms with E-state index in [4.69, 9.17) is 10.8 Å². The lowest BCUT2D eigenvalue weighted by Gasteiger charge is -1.99. The van der Waals surface area contributed by atoms with Crippen LogP contribution in [0.25, 0.3) is 0 Å². The van der Waals surface area contributed by atoms with Crippen molar-refractivity contribution in [3.05, 3.63) is 11.5 Å². The molecule has 70 valence electrons. The summed E-state index contributed by atoms with van der Waals surface area (Å²) in [6.07, 6.45) is 1.90. The maximum absolute atomic E-state index is 10.5. The lowest BCUT2D eigenvalue weighted by atomic mass is 10.2. The summed E-state index contributed by atoms with van der Waals surface area (Å²) in [6, 6.07) is -0.753. The molecule has 0 rings (SSSR count). The minimum atomic E-state index is -3.21. The number of carboxylic acids is 1. The largest absolute Gasteiger partial charge is 0.481 e. The van der Waals surface area contributed by atoms with Gasteiger partial charge in [-0.1, -0.05) is 6.08 Å². The molecule has 1 atom stereocenters. The van der Waals surface area contributed by atoms with Crippen molar-refractivity contribution in [2.24, 2.45) is 5.73 Å². The molecule has 3 N–H and O–H groups in total. The van der Waals surface area contributed by atoms with Gasteiger partial charge >= 0.3 is 5.97 Å². The van der Waals surface area contributed by atoms with E-state index in [2.05, 4.69) is 0 Å². The first-order valence-corrected chi connectivity index (χ1v) is 5.12. The second kappa shape index (κ2) is 4.22. The molecule has 1 unspecified atom stereocenters. The monoisotopic (exact) mass is 193 g/mol. The van der Waals surface area contributed by atoms with Gasteiger partial charge in [0.2, 0.25) is 0 Å². The van der Waals surface area contributed by atoms with Gasteiger partial charge in [-0.2, -0.15) is 0 Å². The number of sulfone groups is 1. The van der Waals surface area contributed by atoms with Crippen molar-refractivity contribution in [1.82, 2.24) is 0 Å². The molecule has 0 saturated carbocycles. The number of carboxylic acid groups (broad SMARTS) is 1. The van der Waals surface area contributed by atoms with Crippen LogP contribution in [0.2, 0.25) is 0 Å². The van der Waals surface area contributed by atoms with Crippen molar-refractivity contribution in [1.29, 1.82) is 0 Å². The third-order valence-corrected chi connectivity index (χ3v) is 1.63. The normalized spacial score (nSPS) is 14.8. The van der Waals surface area contributed by atoms with Crippen molar-refractivity contribution in [3.63, 3.8) is 0 Å². The lowest BCUT2D eigenvalue weighted by molar-refractivity contribution is -0.137. The Hall–Kier alpha value is -0.880. The third-order valence-electron chi connectivity index (χ3n) is 0.983. The van der Waals surface area contributed by atoms with E-state index >= 15 is 0 Å². The zero-order valence-corrected chi connectivity index (χ0v) is 7.41. The van der Waals surface area contributed by atoms with Crippen molar-refractivity contribution < 1.29 is 18.3 Å². The van der Waals surface area contributed by atoms with E-state index in [1.54, 1.807) is 0 Å². The van der Waals surface area contributed by atoms with Gasteiger partial charge in [0, 0.05) is 17.7 Å². The molecule has 5 nitrogen and oxygen atoms in total.